The Morgan fingerprint density at radius 3 is 2.54 bits per heavy atom. The zero-order valence-electron chi connectivity index (χ0n) is 13.2. The zero-order valence-corrected chi connectivity index (χ0v) is 13.2. The molecule has 0 aliphatic rings. The SMILES string of the molecule is COc1ccc(NC(=O)c2cn(C)c3ccc(F)cc3c2=O)cc1. The fourth-order valence-electron chi connectivity index (χ4n) is 2.50. The molecule has 0 saturated carbocycles. The number of anilines is 1. The van der Waals surface area contributed by atoms with Crippen molar-refractivity contribution in [2.45, 2.75) is 0 Å². The van der Waals surface area contributed by atoms with Crippen LogP contribution in [0.15, 0.2) is 53.5 Å². The Morgan fingerprint density at radius 1 is 1.17 bits per heavy atom. The Bertz CT molecular complexity index is 978. The number of amides is 1. The number of methoxy groups -OCH3 is 1. The van der Waals surface area contributed by atoms with Gasteiger partial charge in [-0.05, 0) is 42.5 Å². The molecule has 0 aliphatic heterocycles. The molecular weight excluding hydrogens is 311 g/mol. The summed E-state index contributed by atoms with van der Waals surface area (Å²) in [5, 5.41) is 2.82. The topological polar surface area (TPSA) is 60.3 Å². The summed E-state index contributed by atoms with van der Waals surface area (Å²) in [5.41, 5.74) is 0.532. The van der Waals surface area contributed by atoms with Gasteiger partial charge in [0, 0.05) is 24.3 Å². The minimum Gasteiger partial charge on any atom is -0.497 e. The van der Waals surface area contributed by atoms with E-state index in [0.717, 1.165) is 6.07 Å². The molecular formula is C18H15FN2O3. The largest absolute Gasteiger partial charge is 0.497 e. The van der Waals surface area contributed by atoms with Crippen LogP contribution in [0.3, 0.4) is 0 Å². The van der Waals surface area contributed by atoms with Gasteiger partial charge in [0.15, 0.2) is 0 Å². The summed E-state index contributed by atoms with van der Waals surface area (Å²) < 4.78 is 20.1. The van der Waals surface area contributed by atoms with Crippen LogP contribution in [0.2, 0.25) is 0 Å². The number of carbonyl (C=O) groups excluding carboxylic acids is 1. The number of halogens is 1. The van der Waals surface area contributed by atoms with E-state index in [9.17, 15) is 14.0 Å². The Kier molecular flexibility index (Phi) is 4.04. The Morgan fingerprint density at radius 2 is 1.88 bits per heavy atom. The van der Waals surface area contributed by atoms with Crippen LogP contribution in [-0.2, 0) is 7.05 Å². The number of ether oxygens (including phenoxy) is 1. The van der Waals surface area contributed by atoms with Crippen LogP contribution in [0.5, 0.6) is 5.75 Å². The molecule has 5 nitrogen and oxygen atoms in total. The third kappa shape index (κ3) is 2.86. The molecule has 1 heterocycles. The smallest absolute Gasteiger partial charge is 0.261 e. The minimum absolute atomic E-state index is 0.0496. The summed E-state index contributed by atoms with van der Waals surface area (Å²) in [4.78, 5) is 24.9. The predicted molar refractivity (Wildman–Crippen MR) is 90.1 cm³/mol. The highest BCUT2D eigenvalue weighted by atomic mass is 19.1. The maximum atomic E-state index is 13.4. The monoisotopic (exact) mass is 326 g/mol. The molecule has 0 spiro atoms. The first-order valence-electron chi connectivity index (χ1n) is 7.24. The molecule has 2 aromatic carbocycles. The summed E-state index contributed by atoms with van der Waals surface area (Å²) >= 11 is 0. The Balaban J connectivity index is 2.00. The number of carbonyl (C=O) groups is 1. The quantitative estimate of drug-likeness (QED) is 0.805. The minimum atomic E-state index is -0.549. The lowest BCUT2D eigenvalue weighted by Crippen LogP contribution is -2.23. The van der Waals surface area contributed by atoms with Crippen molar-refractivity contribution < 1.29 is 13.9 Å². The predicted octanol–water partition coefficient (Wildman–Crippen LogP) is 2.94. The highest BCUT2D eigenvalue weighted by Gasteiger charge is 2.15. The van der Waals surface area contributed by atoms with Crippen LogP contribution in [0, 0.1) is 5.82 Å². The first kappa shape index (κ1) is 15.7. The van der Waals surface area contributed by atoms with Gasteiger partial charge in [0.2, 0.25) is 5.43 Å². The van der Waals surface area contributed by atoms with Gasteiger partial charge in [-0.1, -0.05) is 0 Å². The van der Waals surface area contributed by atoms with Gasteiger partial charge in [0.1, 0.15) is 17.1 Å². The third-order valence-electron chi connectivity index (χ3n) is 3.74. The van der Waals surface area contributed by atoms with Crippen molar-refractivity contribution >= 4 is 22.5 Å². The van der Waals surface area contributed by atoms with Gasteiger partial charge in [-0.15, -0.1) is 0 Å². The maximum Gasteiger partial charge on any atom is 0.261 e. The highest BCUT2D eigenvalue weighted by Crippen LogP contribution is 2.17. The average Bonchev–Trinajstić information content (AvgIpc) is 2.58. The number of aromatic nitrogens is 1. The van der Waals surface area contributed by atoms with E-state index >= 15 is 0 Å². The van der Waals surface area contributed by atoms with Gasteiger partial charge in [0.05, 0.1) is 12.6 Å². The molecule has 24 heavy (non-hydrogen) atoms. The van der Waals surface area contributed by atoms with E-state index in [1.54, 1.807) is 43.0 Å². The summed E-state index contributed by atoms with van der Waals surface area (Å²) in [6.45, 7) is 0. The van der Waals surface area contributed by atoms with E-state index in [0.29, 0.717) is 17.0 Å². The van der Waals surface area contributed by atoms with Crippen molar-refractivity contribution in [3.63, 3.8) is 0 Å². The number of pyridine rings is 1. The fourth-order valence-corrected chi connectivity index (χ4v) is 2.50. The summed E-state index contributed by atoms with van der Waals surface area (Å²) in [6.07, 6.45) is 1.45. The molecule has 1 N–H and O–H groups in total. The van der Waals surface area contributed by atoms with Crippen molar-refractivity contribution in [3.05, 3.63) is 70.3 Å². The number of nitrogens with zero attached hydrogens (tertiary/aromatic N) is 1. The van der Waals surface area contributed by atoms with Crippen LogP contribution in [-0.4, -0.2) is 17.6 Å². The van der Waals surface area contributed by atoms with E-state index in [4.69, 9.17) is 4.74 Å². The second kappa shape index (κ2) is 6.16. The van der Waals surface area contributed by atoms with Crippen LogP contribution < -0.4 is 15.5 Å². The van der Waals surface area contributed by atoms with Gasteiger partial charge in [0.25, 0.3) is 5.91 Å². The van der Waals surface area contributed by atoms with Crippen molar-refractivity contribution in [2.75, 3.05) is 12.4 Å². The molecule has 0 radical (unpaired) electrons. The molecule has 1 aromatic heterocycles. The summed E-state index contributed by atoms with van der Waals surface area (Å²) in [7, 11) is 3.25. The second-order valence-electron chi connectivity index (χ2n) is 5.33. The molecule has 0 unspecified atom stereocenters. The standard InChI is InChI=1S/C18H15FN2O3/c1-21-10-15(17(22)14-9-11(19)3-8-16(14)21)18(23)20-12-4-6-13(24-2)7-5-12/h3-10H,1-2H3,(H,20,23). The Labute approximate surface area is 137 Å². The number of aryl methyl sites for hydroxylation is 1. The van der Waals surface area contributed by atoms with Crippen molar-refractivity contribution in [1.82, 2.24) is 4.57 Å². The zero-order chi connectivity index (χ0) is 17.3. The first-order chi connectivity index (χ1) is 11.5. The van der Waals surface area contributed by atoms with Gasteiger partial charge in [-0.2, -0.15) is 0 Å². The third-order valence-corrected chi connectivity index (χ3v) is 3.74. The van der Waals surface area contributed by atoms with Gasteiger partial charge >= 0.3 is 0 Å². The van der Waals surface area contributed by atoms with Gasteiger partial charge < -0.3 is 14.6 Å². The normalized spacial score (nSPS) is 10.6. The van der Waals surface area contributed by atoms with Crippen LogP contribution in [0.4, 0.5) is 10.1 Å². The van der Waals surface area contributed by atoms with Crippen molar-refractivity contribution in [3.8, 4) is 5.75 Å². The van der Waals surface area contributed by atoms with Crippen molar-refractivity contribution in [2.24, 2.45) is 7.05 Å². The highest BCUT2D eigenvalue weighted by molar-refractivity contribution is 6.05. The molecule has 1 amide bonds. The van der Waals surface area contributed by atoms with E-state index in [1.165, 1.54) is 18.3 Å². The lowest BCUT2D eigenvalue weighted by Gasteiger charge is -2.10. The number of rotatable bonds is 3. The molecule has 3 aromatic rings. The maximum absolute atomic E-state index is 13.4. The summed E-state index contributed by atoms with van der Waals surface area (Å²) in [6, 6.07) is 10.7. The van der Waals surface area contributed by atoms with Crippen LogP contribution >= 0.6 is 0 Å². The molecule has 6 heteroatoms. The number of fused-ring (bicyclic) bond motifs is 1. The van der Waals surface area contributed by atoms with Crippen LogP contribution in [0.25, 0.3) is 10.9 Å². The van der Waals surface area contributed by atoms with E-state index in [2.05, 4.69) is 5.32 Å². The molecule has 0 aliphatic carbocycles. The van der Waals surface area contributed by atoms with Gasteiger partial charge in [-0.25, -0.2) is 4.39 Å². The molecule has 0 bridgehead atoms. The fraction of sp³-hybridized carbons (Fsp3) is 0.111. The number of benzene rings is 2. The molecule has 3 rings (SSSR count). The van der Waals surface area contributed by atoms with Crippen molar-refractivity contribution in [1.29, 1.82) is 0 Å². The Hall–Kier alpha value is -3.15. The molecule has 0 atom stereocenters. The second-order valence-corrected chi connectivity index (χ2v) is 5.33. The average molecular weight is 326 g/mol. The van der Waals surface area contributed by atoms with E-state index < -0.39 is 17.2 Å². The molecule has 0 saturated heterocycles. The number of nitrogens with one attached hydrogen (secondary N) is 1. The van der Waals surface area contributed by atoms with E-state index in [-0.39, 0.29) is 10.9 Å². The molecule has 122 valence electrons. The van der Waals surface area contributed by atoms with Crippen LogP contribution in [0.1, 0.15) is 10.4 Å². The summed E-state index contributed by atoms with van der Waals surface area (Å²) in [5.74, 6) is -0.413. The first-order valence-corrected chi connectivity index (χ1v) is 7.24. The molecule has 0 fully saturated rings. The van der Waals surface area contributed by atoms with Gasteiger partial charge in [-0.3, -0.25) is 9.59 Å². The van der Waals surface area contributed by atoms with E-state index in [1.807, 2.05) is 0 Å². The number of hydrogen-bond acceptors (Lipinski definition) is 3. The lowest BCUT2D eigenvalue weighted by atomic mass is 10.1. The number of hydrogen-bond donors (Lipinski definition) is 1. The lowest BCUT2D eigenvalue weighted by molar-refractivity contribution is 0.102.